The van der Waals surface area contributed by atoms with Crippen molar-refractivity contribution in [2.45, 2.75) is 51.9 Å². The third-order valence-electron chi connectivity index (χ3n) is 8.74. The molecule has 2 saturated heterocycles. The molecule has 4 nitrogen and oxygen atoms in total. The molecule has 5 rings (SSSR count). The maximum atomic E-state index is 15.4. The summed E-state index contributed by atoms with van der Waals surface area (Å²) >= 11 is 0. The Morgan fingerprint density at radius 3 is 2.49 bits per heavy atom. The van der Waals surface area contributed by atoms with Crippen LogP contribution in [0, 0.1) is 17.7 Å². The number of rotatable bonds is 8. The molecular weight excluding hydrogens is 459 g/mol. The zero-order valence-corrected chi connectivity index (χ0v) is 22.8. The molecule has 3 aliphatic rings. The number of halogens is 1. The van der Waals surface area contributed by atoms with Crippen LogP contribution in [0.3, 0.4) is 0 Å². The van der Waals surface area contributed by atoms with Crippen LogP contribution in [-0.4, -0.2) is 66.0 Å². The molecule has 0 bridgehead atoms. The van der Waals surface area contributed by atoms with Crippen LogP contribution in [-0.2, 0) is 6.42 Å². The van der Waals surface area contributed by atoms with Crippen LogP contribution in [0.5, 0.6) is 0 Å². The van der Waals surface area contributed by atoms with Crippen LogP contribution in [0.1, 0.15) is 67.7 Å². The van der Waals surface area contributed by atoms with Gasteiger partial charge in [0, 0.05) is 48.5 Å². The molecule has 4 heterocycles. The molecule has 37 heavy (non-hydrogen) atoms. The molecule has 2 aromatic rings. The topological polar surface area (TPSA) is 22.6 Å². The molecule has 0 unspecified atom stereocenters. The highest BCUT2D eigenvalue weighted by Crippen LogP contribution is 2.37. The van der Waals surface area contributed by atoms with Crippen molar-refractivity contribution in [1.82, 2.24) is 19.7 Å². The molecule has 0 atom stereocenters. The number of pyridine rings is 1. The second-order valence-corrected chi connectivity index (χ2v) is 11.5. The summed E-state index contributed by atoms with van der Waals surface area (Å²) in [7, 11) is 2.23. The SMILES string of the molecule is C=C1c2cnccc2C(c2ccc(CC3CCN(CC4CCN(C)CC4)CC3)c(F)c2)=CN1CCCC. The Hall–Kier alpha value is -2.50. The molecule has 0 radical (unpaired) electrons. The normalized spacial score (nSPS) is 20.2. The van der Waals surface area contributed by atoms with Gasteiger partial charge >= 0.3 is 0 Å². The summed E-state index contributed by atoms with van der Waals surface area (Å²) in [4.78, 5) is 11.6. The van der Waals surface area contributed by atoms with Crippen molar-refractivity contribution in [1.29, 1.82) is 0 Å². The van der Waals surface area contributed by atoms with Gasteiger partial charge in [0.1, 0.15) is 5.82 Å². The lowest BCUT2D eigenvalue weighted by Crippen LogP contribution is -2.40. The molecule has 5 heteroatoms. The first-order valence-electron chi connectivity index (χ1n) is 14.3. The van der Waals surface area contributed by atoms with Gasteiger partial charge in [0.05, 0.1) is 0 Å². The molecule has 0 amide bonds. The van der Waals surface area contributed by atoms with Crippen molar-refractivity contribution in [2.24, 2.45) is 11.8 Å². The van der Waals surface area contributed by atoms with E-state index in [1.165, 1.54) is 45.3 Å². The van der Waals surface area contributed by atoms with E-state index in [0.717, 1.165) is 78.3 Å². The minimum atomic E-state index is -0.0766. The number of hydrogen-bond donors (Lipinski definition) is 0. The average molecular weight is 503 g/mol. The number of nitrogens with zero attached hydrogens (tertiary/aromatic N) is 4. The third kappa shape index (κ3) is 6.15. The molecule has 0 saturated carbocycles. The average Bonchev–Trinajstić information content (AvgIpc) is 2.92. The van der Waals surface area contributed by atoms with E-state index in [-0.39, 0.29) is 5.82 Å². The van der Waals surface area contributed by atoms with Crippen LogP contribution < -0.4 is 0 Å². The van der Waals surface area contributed by atoms with E-state index in [9.17, 15) is 0 Å². The molecule has 1 aromatic heterocycles. The first-order chi connectivity index (χ1) is 18.0. The number of unbranched alkanes of at least 4 members (excludes halogenated alkanes) is 1. The largest absolute Gasteiger partial charge is 0.347 e. The fourth-order valence-electron chi connectivity index (χ4n) is 6.25. The zero-order chi connectivity index (χ0) is 25.8. The van der Waals surface area contributed by atoms with Gasteiger partial charge in [-0.05, 0) is 112 Å². The number of likely N-dealkylation sites (tertiary alicyclic amines) is 2. The highest BCUT2D eigenvalue weighted by atomic mass is 19.1. The van der Waals surface area contributed by atoms with Crippen molar-refractivity contribution >= 4 is 11.3 Å². The summed E-state index contributed by atoms with van der Waals surface area (Å²) in [5.41, 5.74) is 5.92. The van der Waals surface area contributed by atoms with E-state index in [4.69, 9.17) is 0 Å². The molecule has 3 aliphatic heterocycles. The second-order valence-electron chi connectivity index (χ2n) is 11.5. The van der Waals surface area contributed by atoms with Gasteiger partial charge in [-0.1, -0.05) is 32.1 Å². The lowest BCUT2D eigenvalue weighted by Gasteiger charge is -2.37. The van der Waals surface area contributed by atoms with E-state index < -0.39 is 0 Å². The van der Waals surface area contributed by atoms with Crippen LogP contribution in [0.15, 0.2) is 49.4 Å². The Bertz CT molecular complexity index is 1110. The molecule has 198 valence electrons. The van der Waals surface area contributed by atoms with Gasteiger partial charge in [-0.3, -0.25) is 4.98 Å². The van der Waals surface area contributed by atoms with Crippen molar-refractivity contribution in [3.63, 3.8) is 0 Å². The monoisotopic (exact) mass is 502 g/mol. The minimum Gasteiger partial charge on any atom is -0.347 e. The van der Waals surface area contributed by atoms with Crippen molar-refractivity contribution in [3.8, 4) is 0 Å². The smallest absolute Gasteiger partial charge is 0.127 e. The van der Waals surface area contributed by atoms with Crippen molar-refractivity contribution in [2.75, 3.05) is 46.3 Å². The van der Waals surface area contributed by atoms with Crippen molar-refractivity contribution < 1.29 is 4.39 Å². The van der Waals surface area contributed by atoms with Crippen LogP contribution in [0.4, 0.5) is 4.39 Å². The maximum absolute atomic E-state index is 15.4. The van der Waals surface area contributed by atoms with Gasteiger partial charge in [-0.15, -0.1) is 0 Å². The summed E-state index contributed by atoms with van der Waals surface area (Å²) < 4.78 is 15.4. The first-order valence-corrected chi connectivity index (χ1v) is 14.3. The predicted molar refractivity (Wildman–Crippen MR) is 151 cm³/mol. The highest BCUT2D eigenvalue weighted by Gasteiger charge is 2.26. The van der Waals surface area contributed by atoms with Crippen molar-refractivity contribution in [3.05, 3.63) is 77.5 Å². The second kappa shape index (κ2) is 11.9. The minimum absolute atomic E-state index is 0.0766. The standard InChI is InChI=1S/C32H43FN4/c1-4-5-14-37-23-31(29-8-13-34-21-30(29)24(37)2)27-6-7-28(32(33)20-27)19-25-11-17-36(18-12-25)22-26-9-15-35(3)16-10-26/h6-8,13,20-21,23,25-26H,2,4-5,9-12,14-19,22H2,1,3H3. The van der Waals surface area contributed by atoms with Gasteiger partial charge in [0.15, 0.2) is 0 Å². The van der Waals surface area contributed by atoms with E-state index in [2.05, 4.69) is 52.5 Å². The van der Waals surface area contributed by atoms with E-state index in [1.807, 2.05) is 24.5 Å². The Morgan fingerprint density at radius 1 is 1.00 bits per heavy atom. The van der Waals surface area contributed by atoms with Crippen LogP contribution in [0.25, 0.3) is 11.3 Å². The number of benzene rings is 1. The van der Waals surface area contributed by atoms with Gasteiger partial charge in [0.25, 0.3) is 0 Å². The lowest BCUT2D eigenvalue weighted by atomic mass is 9.87. The quantitative estimate of drug-likeness (QED) is 0.423. The molecule has 2 fully saturated rings. The Morgan fingerprint density at radius 2 is 1.76 bits per heavy atom. The Balaban J connectivity index is 1.23. The fourth-order valence-corrected chi connectivity index (χ4v) is 6.25. The number of fused-ring (bicyclic) bond motifs is 1. The maximum Gasteiger partial charge on any atom is 0.127 e. The highest BCUT2D eigenvalue weighted by molar-refractivity contribution is 5.89. The first kappa shape index (κ1) is 26.1. The summed E-state index contributed by atoms with van der Waals surface area (Å²) in [5, 5.41) is 0. The number of aromatic nitrogens is 1. The Labute approximate surface area is 222 Å². The van der Waals surface area contributed by atoms with Gasteiger partial charge in [-0.2, -0.15) is 0 Å². The van der Waals surface area contributed by atoms with Gasteiger partial charge in [0.2, 0.25) is 0 Å². The molecule has 0 spiro atoms. The zero-order valence-electron chi connectivity index (χ0n) is 22.8. The van der Waals surface area contributed by atoms with Crippen LogP contribution in [0.2, 0.25) is 0 Å². The molecular formula is C32H43FN4. The van der Waals surface area contributed by atoms with Gasteiger partial charge < -0.3 is 14.7 Å². The fraction of sp³-hybridized carbons (Fsp3) is 0.531. The van der Waals surface area contributed by atoms with E-state index >= 15 is 4.39 Å². The lowest BCUT2D eigenvalue weighted by molar-refractivity contribution is 0.126. The van der Waals surface area contributed by atoms with E-state index in [0.29, 0.717) is 5.92 Å². The summed E-state index contributed by atoms with van der Waals surface area (Å²) in [5.74, 6) is 1.35. The summed E-state index contributed by atoms with van der Waals surface area (Å²) in [6.45, 7) is 13.5. The Kier molecular flexibility index (Phi) is 8.41. The summed E-state index contributed by atoms with van der Waals surface area (Å²) in [6, 6.07) is 7.90. The molecule has 0 aliphatic carbocycles. The van der Waals surface area contributed by atoms with E-state index in [1.54, 1.807) is 6.07 Å². The number of hydrogen-bond acceptors (Lipinski definition) is 4. The van der Waals surface area contributed by atoms with Crippen LogP contribution >= 0.6 is 0 Å². The third-order valence-corrected chi connectivity index (χ3v) is 8.74. The molecule has 1 aromatic carbocycles. The predicted octanol–water partition coefficient (Wildman–Crippen LogP) is 6.29. The summed E-state index contributed by atoms with van der Waals surface area (Å²) in [6.07, 6.45) is 13.9. The van der Waals surface area contributed by atoms with Gasteiger partial charge in [-0.25, -0.2) is 4.39 Å². The molecule has 0 N–H and O–H groups in total. The number of piperidine rings is 2.